The van der Waals surface area contributed by atoms with Crippen molar-refractivity contribution in [3.63, 3.8) is 0 Å². The van der Waals surface area contributed by atoms with Gasteiger partial charge in [-0.05, 0) is 24.3 Å². The minimum absolute atomic E-state index is 0.151. The molecule has 0 aliphatic heterocycles. The molecule has 4 heteroatoms. The van der Waals surface area contributed by atoms with Gasteiger partial charge in [-0.1, -0.05) is 12.1 Å². The molecule has 0 aliphatic rings. The van der Waals surface area contributed by atoms with Crippen LogP contribution in [-0.2, 0) is 0 Å². The summed E-state index contributed by atoms with van der Waals surface area (Å²) in [5.74, 6) is 0.854. The highest BCUT2D eigenvalue weighted by molar-refractivity contribution is 5.31. The summed E-state index contributed by atoms with van der Waals surface area (Å²) in [4.78, 5) is 0. The highest BCUT2D eigenvalue weighted by atomic mass is 19.1. The van der Waals surface area contributed by atoms with Gasteiger partial charge in [-0.3, -0.25) is 0 Å². The first kappa shape index (κ1) is 12.2. The minimum Gasteiger partial charge on any atom is -0.508 e. The molecule has 0 spiro atoms. The Balaban J connectivity index is 1.76. The van der Waals surface area contributed by atoms with Crippen LogP contribution in [0.4, 0.5) is 4.39 Å². The number of ether oxygens (including phenoxy) is 2. The molecule has 0 atom stereocenters. The molecule has 2 rings (SSSR count). The quantitative estimate of drug-likeness (QED) is 0.827. The number of hydrogen-bond donors (Lipinski definition) is 1. The number of hydrogen-bond acceptors (Lipinski definition) is 3. The third kappa shape index (κ3) is 3.66. The SMILES string of the molecule is Oc1cccc(OCCOc2cccc(F)c2)c1. The zero-order chi connectivity index (χ0) is 12.8. The van der Waals surface area contributed by atoms with Crippen molar-refractivity contribution in [1.29, 1.82) is 0 Å². The van der Waals surface area contributed by atoms with Crippen LogP contribution in [0.5, 0.6) is 17.2 Å². The zero-order valence-corrected chi connectivity index (χ0v) is 9.67. The Kier molecular flexibility index (Phi) is 4.02. The summed E-state index contributed by atoms with van der Waals surface area (Å²) in [5.41, 5.74) is 0. The van der Waals surface area contributed by atoms with Gasteiger partial charge in [-0.15, -0.1) is 0 Å². The van der Waals surface area contributed by atoms with Crippen molar-refractivity contribution in [2.45, 2.75) is 0 Å². The first-order valence-corrected chi connectivity index (χ1v) is 5.54. The molecule has 2 aromatic carbocycles. The van der Waals surface area contributed by atoms with Crippen LogP contribution in [0.15, 0.2) is 48.5 Å². The molecule has 0 aliphatic carbocycles. The summed E-state index contributed by atoms with van der Waals surface area (Å²) >= 11 is 0. The smallest absolute Gasteiger partial charge is 0.126 e. The molecule has 0 amide bonds. The number of phenolic OH excluding ortho intramolecular Hbond substituents is 1. The predicted octanol–water partition coefficient (Wildman–Crippen LogP) is 2.99. The largest absolute Gasteiger partial charge is 0.508 e. The van der Waals surface area contributed by atoms with Gasteiger partial charge in [0.15, 0.2) is 0 Å². The lowest BCUT2D eigenvalue weighted by atomic mass is 10.3. The molecule has 2 aromatic rings. The summed E-state index contributed by atoms with van der Waals surface area (Å²) in [6.45, 7) is 0.624. The molecule has 3 nitrogen and oxygen atoms in total. The third-order valence-electron chi connectivity index (χ3n) is 2.23. The molecule has 0 heterocycles. The highest BCUT2D eigenvalue weighted by Gasteiger charge is 1.98. The van der Waals surface area contributed by atoms with Crippen LogP contribution in [0.3, 0.4) is 0 Å². The van der Waals surface area contributed by atoms with Crippen LogP contribution in [-0.4, -0.2) is 18.3 Å². The number of rotatable bonds is 5. The second kappa shape index (κ2) is 5.91. The molecular formula is C14H13FO3. The first-order valence-electron chi connectivity index (χ1n) is 5.54. The van der Waals surface area contributed by atoms with Crippen molar-refractivity contribution in [2.24, 2.45) is 0 Å². The van der Waals surface area contributed by atoms with Crippen LogP contribution in [0.2, 0.25) is 0 Å². The van der Waals surface area contributed by atoms with Gasteiger partial charge in [0.1, 0.15) is 36.3 Å². The fraction of sp³-hybridized carbons (Fsp3) is 0.143. The van der Waals surface area contributed by atoms with Crippen molar-refractivity contribution in [2.75, 3.05) is 13.2 Å². The molecule has 1 N–H and O–H groups in total. The van der Waals surface area contributed by atoms with Gasteiger partial charge >= 0.3 is 0 Å². The number of halogens is 1. The Morgan fingerprint density at radius 3 is 2.11 bits per heavy atom. The molecule has 0 aromatic heterocycles. The van der Waals surface area contributed by atoms with Gasteiger partial charge in [0.05, 0.1) is 0 Å². The summed E-state index contributed by atoms with van der Waals surface area (Å²) in [6, 6.07) is 12.4. The zero-order valence-electron chi connectivity index (χ0n) is 9.67. The maximum atomic E-state index is 12.8. The van der Waals surface area contributed by atoms with Gasteiger partial charge in [0, 0.05) is 12.1 Å². The molecule has 0 saturated heterocycles. The average molecular weight is 248 g/mol. The second-order valence-electron chi connectivity index (χ2n) is 3.65. The number of aromatic hydroxyl groups is 1. The lowest BCUT2D eigenvalue weighted by Gasteiger charge is -2.08. The average Bonchev–Trinajstić information content (AvgIpc) is 2.35. The van der Waals surface area contributed by atoms with E-state index in [1.807, 2.05) is 0 Å². The van der Waals surface area contributed by atoms with Crippen molar-refractivity contribution in [3.05, 3.63) is 54.3 Å². The molecule has 18 heavy (non-hydrogen) atoms. The lowest BCUT2D eigenvalue weighted by molar-refractivity contribution is 0.216. The summed E-state index contributed by atoms with van der Waals surface area (Å²) in [7, 11) is 0. The third-order valence-corrected chi connectivity index (χ3v) is 2.23. The van der Waals surface area contributed by atoms with Gasteiger partial charge in [0.2, 0.25) is 0 Å². The van der Waals surface area contributed by atoms with E-state index in [4.69, 9.17) is 9.47 Å². The van der Waals surface area contributed by atoms with Gasteiger partial charge in [-0.2, -0.15) is 0 Å². The van der Waals surface area contributed by atoms with E-state index in [0.717, 1.165) is 0 Å². The second-order valence-corrected chi connectivity index (χ2v) is 3.65. The molecule has 0 saturated carbocycles. The number of phenols is 1. The highest BCUT2D eigenvalue weighted by Crippen LogP contribution is 2.17. The maximum absolute atomic E-state index is 12.8. The molecule has 0 fully saturated rings. The lowest BCUT2D eigenvalue weighted by Crippen LogP contribution is -2.08. The first-order chi connectivity index (χ1) is 8.74. The molecule has 0 unspecified atom stereocenters. The van der Waals surface area contributed by atoms with Crippen LogP contribution in [0.25, 0.3) is 0 Å². The van der Waals surface area contributed by atoms with E-state index in [-0.39, 0.29) is 11.6 Å². The summed E-state index contributed by atoms with van der Waals surface area (Å²) < 4.78 is 23.5. The normalized spacial score (nSPS) is 10.1. The van der Waals surface area contributed by atoms with E-state index in [2.05, 4.69) is 0 Å². The molecular weight excluding hydrogens is 235 g/mol. The molecule has 0 bridgehead atoms. The fourth-order valence-corrected chi connectivity index (χ4v) is 1.45. The Hall–Kier alpha value is -2.23. The Morgan fingerprint density at radius 2 is 1.50 bits per heavy atom. The summed E-state index contributed by atoms with van der Waals surface area (Å²) in [5, 5.41) is 9.23. The van der Waals surface area contributed by atoms with Crippen LogP contribution in [0.1, 0.15) is 0 Å². The van der Waals surface area contributed by atoms with E-state index >= 15 is 0 Å². The van der Waals surface area contributed by atoms with Crippen molar-refractivity contribution in [1.82, 2.24) is 0 Å². The Labute approximate surface area is 104 Å². The predicted molar refractivity (Wildman–Crippen MR) is 65.5 cm³/mol. The number of benzene rings is 2. The molecule has 94 valence electrons. The van der Waals surface area contributed by atoms with Crippen LogP contribution >= 0.6 is 0 Å². The van der Waals surface area contributed by atoms with E-state index in [1.54, 1.807) is 30.3 Å². The van der Waals surface area contributed by atoms with Crippen LogP contribution < -0.4 is 9.47 Å². The summed E-state index contributed by atoms with van der Waals surface area (Å²) in [6.07, 6.45) is 0. The van der Waals surface area contributed by atoms with E-state index in [9.17, 15) is 9.50 Å². The molecule has 0 radical (unpaired) electrons. The van der Waals surface area contributed by atoms with E-state index in [1.165, 1.54) is 18.2 Å². The van der Waals surface area contributed by atoms with Gasteiger partial charge in [0.25, 0.3) is 0 Å². The Bertz CT molecular complexity index is 466. The van der Waals surface area contributed by atoms with E-state index in [0.29, 0.717) is 24.7 Å². The monoisotopic (exact) mass is 248 g/mol. The van der Waals surface area contributed by atoms with Crippen LogP contribution in [0, 0.1) is 5.82 Å². The van der Waals surface area contributed by atoms with Crippen molar-refractivity contribution >= 4 is 0 Å². The topological polar surface area (TPSA) is 38.7 Å². The minimum atomic E-state index is -0.332. The maximum Gasteiger partial charge on any atom is 0.126 e. The van der Waals surface area contributed by atoms with E-state index < -0.39 is 0 Å². The fourth-order valence-electron chi connectivity index (χ4n) is 1.45. The van der Waals surface area contributed by atoms with Crippen molar-refractivity contribution < 1.29 is 19.0 Å². The van der Waals surface area contributed by atoms with Gasteiger partial charge in [-0.25, -0.2) is 4.39 Å². The van der Waals surface area contributed by atoms with Crippen molar-refractivity contribution in [3.8, 4) is 17.2 Å². The Morgan fingerprint density at radius 1 is 0.889 bits per heavy atom. The van der Waals surface area contributed by atoms with Gasteiger partial charge < -0.3 is 14.6 Å². The standard InChI is InChI=1S/C14H13FO3/c15-11-3-1-5-13(9-11)17-7-8-18-14-6-2-4-12(16)10-14/h1-6,9-10,16H,7-8H2.